The average molecular weight is 459 g/mol. The second-order valence-corrected chi connectivity index (χ2v) is 9.61. The fraction of sp³-hybridized carbons (Fsp3) is 0.440. The van der Waals surface area contributed by atoms with Crippen LogP contribution in [-0.4, -0.2) is 48.3 Å². The van der Waals surface area contributed by atoms with E-state index in [9.17, 15) is 9.59 Å². The maximum Gasteiger partial charge on any atom is 0.242 e. The van der Waals surface area contributed by atoms with E-state index in [1.54, 1.807) is 26.0 Å². The number of rotatable bonds is 10. The molecule has 2 aromatic carbocycles. The highest BCUT2D eigenvalue weighted by molar-refractivity contribution is 7.99. The molecule has 0 heterocycles. The maximum atomic E-state index is 13.2. The number of carbonyl (C=O) groups is 2. The zero-order valence-electron chi connectivity index (χ0n) is 19.8. The molecule has 0 radical (unpaired) electrons. The predicted octanol–water partition coefficient (Wildman–Crippen LogP) is 4.27. The molecule has 2 rings (SSSR count). The van der Waals surface area contributed by atoms with E-state index in [4.69, 9.17) is 9.47 Å². The topological polar surface area (TPSA) is 67.9 Å². The molecule has 0 spiro atoms. The minimum atomic E-state index is -0.592. The Bertz CT molecular complexity index is 876. The van der Waals surface area contributed by atoms with Crippen molar-refractivity contribution < 1.29 is 19.1 Å². The van der Waals surface area contributed by atoms with Gasteiger partial charge in [0.2, 0.25) is 11.8 Å². The van der Waals surface area contributed by atoms with Crippen LogP contribution >= 0.6 is 11.8 Å². The van der Waals surface area contributed by atoms with Crippen molar-refractivity contribution in [2.45, 2.75) is 51.6 Å². The summed E-state index contributed by atoms with van der Waals surface area (Å²) in [6.45, 7) is 7.91. The van der Waals surface area contributed by atoms with Crippen molar-refractivity contribution in [1.29, 1.82) is 0 Å². The third-order valence-corrected chi connectivity index (χ3v) is 5.82. The van der Waals surface area contributed by atoms with Crippen LogP contribution in [0.25, 0.3) is 0 Å². The first kappa shape index (κ1) is 25.6. The monoisotopic (exact) mass is 458 g/mol. The summed E-state index contributed by atoms with van der Waals surface area (Å²) in [4.78, 5) is 27.6. The van der Waals surface area contributed by atoms with Gasteiger partial charge in [-0.15, -0.1) is 11.8 Å². The number of carbonyl (C=O) groups excluding carboxylic acids is 2. The number of nitrogens with zero attached hydrogens (tertiary/aromatic N) is 1. The van der Waals surface area contributed by atoms with Gasteiger partial charge < -0.3 is 19.7 Å². The van der Waals surface area contributed by atoms with Crippen molar-refractivity contribution in [3.05, 3.63) is 59.7 Å². The number of amides is 2. The fourth-order valence-corrected chi connectivity index (χ4v) is 3.92. The molecule has 32 heavy (non-hydrogen) atoms. The normalized spacial score (nSPS) is 12.1. The predicted molar refractivity (Wildman–Crippen MR) is 130 cm³/mol. The number of ether oxygens (including phenoxy) is 2. The standard InChI is InChI=1S/C25H34N2O4S/c1-18(24(29)26-25(2,3)4)27(15-19-7-11-21(30-5)12-8-19)23(28)17-32-16-20-9-13-22(31-6)14-10-20/h7-14,18H,15-17H2,1-6H3,(H,26,29)/t18-/m1/s1. The molecule has 7 heteroatoms. The molecule has 0 aliphatic carbocycles. The molecule has 174 valence electrons. The molecule has 0 saturated heterocycles. The van der Waals surface area contributed by atoms with Gasteiger partial charge in [-0.2, -0.15) is 0 Å². The summed E-state index contributed by atoms with van der Waals surface area (Å²) in [6, 6.07) is 14.8. The van der Waals surface area contributed by atoms with Crippen molar-refractivity contribution >= 4 is 23.6 Å². The van der Waals surface area contributed by atoms with E-state index in [-0.39, 0.29) is 23.1 Å². The average Bonchev–Trinajstić information content (AvgIpc) is 2.76. The van der Waals surface area contributed by atoms with E-state index in [0.717, 1.165) is 22.6 Å². The van der Waals surface area contributed by atoms with Gasteiger partial charge in [-0.3, -0.25) is 9.59 Å². The van der Waals surface area contributed by atoms with E-state index in [2.05, 4.69) is 5.32 Å². The Morgan fingerprint density at radius 1 is 0.938 bits per heavy atom. The van der Waals surface area contributed by atoms with Crippen LogP contribution in [0.1, 0.15) is 38.8 Å². The lowest BCUT2D eigenvalue weighted by molar-refractivity contribution is -0.139. The van der Waals surface area contributed by atoms with Gasteiger partial charge in [0.05, 0.1) is 20.0 Å². The largest absolute Gasteiger partial charge is 0.497 e. The molecule has 2 aromatic rings. The van der Waals surface area contributed by atoms with Crippen LogP contribution in [0.5, 0.6) is 11.5 Å². The third kappa shape index (κ3) is 8.11. The lowest BCUT2D eigenvalue weighted by atomic mass is 10.1. The van der Waals surface area contributed by atoms with E-state index in [0.29, 0.717) is 12.3 Å². The SMILES string of the molecule is COc1ccc(CSCC(=O)N(Cc2ccc(OC)cc2)[C@H](C)C(=O)NC(C)(C)C)cc1. The summed E-state index contributed by atoms with van der Waals surface area (Å²) >= 11 is 1.53. The first-order chi connectivity index (χ1) is 15.1. The Morgan fingerprint density at radius 2 is 1.44 bits per heavy atom. The molecule has 0 bridgehead atoms. The number of thioether (sulfide) groups is 1. The zero-order valence-corrected chi connectivity index (χ0v) is 20.6. The molecule has 6 nitrogen and oxygen atoms in total. The molecule has 1 N–H and O–H groups in total. The summed E-state index contributed by atoms with van der Waals surface area (Å²) in [5.41, 5.74) is 1.68. The van der Waals surface area contributed by atoms with E-state index >= 15 is 0 Å². The Kier molecular flexibility index (Phi) is 9.44. The van der Waals surface area contributed by atoms with Gasteiger partial charge in [0.15, 0.2) is 0 Å². The minimum Gasteiger partial charge on any atom is -0.497 e. The van der Waals surface area contributed by atoms with Crippen LogP contribution in [0.2, 0.25) is 0 Å². The Labute approximate surface area is 195 Å². The number of nitrogens with one attached hydrogen (secondary N) is 1. The van der Waals surface area contributed by atoms with Crippen LogP contribution in [0, 0.1) is 0 Å². The molecule has 0 aliphatic heterocycles. The first-order valence-corrected chi connectivity index (χ1v) is 11.7. The Hall–Kier alpha value is -2.67. The summed E-state index contributed by atoms with van der Waals surface area (Å²) < 4.78 is 10.4. The Balaban J connectivity index is 2.08. The smallest absolute Gasteiger partial charge is 0.242 e. The quantitative estimate of drug-likeness (QED) is 0.576. The van der Waals surface area contributed by atoms with Crippen LogP contribution in [0.3, 0.4) is 0 Å². The molecular weight excluding hydrogens is 424 g/mol. The number of hydrogen-bond donors (Lipinski definition) is 1. The van der Waals surface area contributed by atoms with Crippen molar-refractivity contribution in [3.8, 4) is 11.5 Å². The van der Waals surface area contributed by atoms with E-state index in [1.807, 2.05) is 69.3 Å². The molecule has 0 fully saturated rings. The van der Waals surface area contributed by atoms with E-state index in [1.165, 1.54) is 11.8 Å². The summed E-state index contributed by atoms with van der Waals surface area (Å²) in [6.07, 6.45) is 0. The fourth-order valence-electron chi connectivity index (χ4n) is 3.05. The highest BCUT2D eigenvalue weighted by atomic mass is 32.2. The van der Waals surface area contributed by atoms with Gasteiger partial charge in [-0.05, 0) is 63.1 Å². The zero-order chi connectivity index (χ0) is 23.7. The van der Waals surface area contributed by atoms with Gasteiger partial charge in [-0.25, -0.2) is 0 Å². The maximum absolute atomic E-state index is 13.2. The van der Waals surface area contributed by atoms with E-state index < -0.39 is 6.04 Å². The van der Waals surface area contributed by atoms with Crippen LogP contribution in [-0.2, 0) is 21.9 Å². The number of methoxy groups -OCH3 is 2. The van der Waals surface area contributed by atoms with Gasteiger partial charge in [0.25, 0.3) is 0 Å². The molecule has 0 unspecified atom stereocenters. The number of hydrogen-bond acceptors (Lipinski definition) is 5. The molecule has 2 amide bonds. The van der Waals surface area contributed by atoms with Crippen molar-refractivity contribution in [1.82, 2.24) is 10.2 Å². The summed E-state index contributed by atoms with van der Waals surface area (Å²) in [5, 5.41) is 2.98. The molecule has 0 saturated carbocycles. The Morgan fingerprint density at radius 3 is 1.91 bits per heavy atom. The second-order valence-electron chi connectivity index (χ2n) is 8.63. The molecule has 0 aromatic heterocycles. The first-order valence-electron chi connectivity index (χ1n) is 10.6. The highest BCUT2D eigenvalue weighted by Crippen LogP contribution is 2.19. The van der Waals surface area contributed by atoms with Gasteiger partial charge in [0, 0.05) is 17.8 Å². The minimum absolute atomic E-state index is 0.0733. The van der Waals surface area contributed by atoms with Crippen LogP contribution in [0.15, 0.2) is 48.5 Å². The van der Waals surface area contributed by atoms with Gasteiger partial charge in [0.1, 0.15) is 17.5 Å². The molecular formula is C25H34N2O4S. The lowest BCUT2D eigenvalue weighted by Crippen LogP contribution is -2.52. The summed E-state index contributed by atoms with van der Waals surface area (Å²) in [5.74, 6) is 2.30. The lowest BCUT2D eigenvalue weighted by Gasteiger charge is -2.31. The van der Waals surface area contributed by atoms with Crippen molar-refractivity contribution in [3.63, 3.8) is 0 Å². The molecule has 1 atom stereocenters. The third-order valence-electron chi connectivity index (χ3n) is 4.83. The van der Waals surface area contributed by atoms with Crippen molar-refractivity contribution in [2.75, 3.05) is 20.0 Å². The van der Waals surface area contributed by atoms with Crippen molar-refractivity contribution in [2.24, 2.45) is 0 Å². The van der Waals surface area contributed by atoms with Gasteiger partial charge in [-0.1, -0.05) is 24.3 Å². The number of benzene rings is 2. The highest BCUT2D eigenvalue weighted by Gasteiger charge is 2.28. The molecule has 0 aliphatic rings. The van der Waals surface area contributed by atoms with Gasteiger partial charge >= 0.3 is 0 Å². The second kappa shape index (κ2) is 11.8. The van der Waals surface area contributed by atoms with Crippen LogP contribution < -0.4 is 14.8 Å². The van der Waals surface area contributed by atoms with Crippen LogP contribution in [0.4, 0.5) is 0 Å². The summed E-state index contributed by atoms with van der Waals surface area (Å²) in [7, 11) is 3.25.